The molecule has 1 aromatic rings. The summed E-state index contributed by atoms with van der Waals surface area (Å²) in [5.41, 5.74) is 7.63. The highest BCUT2D eigenvalue weighted by molar-refractivity contribution is 5.97. The summed E-state index contributed by atoms with van der Waals surface area (Å²) < 4.78 is 0. The normalized spacial score (nSPS) is 11.9. The Labute approximate surface area is 113 Å². The summed E-state index contributed by atoms with van der Waals surface area (Å²) in [7, 11) is 0. The maximum atomic E-state index is 12.4. The minimum atomic E-state index is -1.02. The average molecular weight is 264 g/mol. The Hall–Kier alpha value is -2.04. The van der Waals surface area contributed by atoms with Crippen molar-refractivity contribution < 1.29 is 14.7 Å². The number of anilines is 1. The molecule has 1 amide bonds. The van der Waals surface area contributed by atoms with Gasteiger partial charge in [0.2, 0.25) is 0 Å². The average Bonchev–Trinajstić information content (AvgIpc) is 2.37. The lowest BCUT2D eigenvalue weighted by Gasteiger charge is -2.27. The maximum absolute atomic E-state index is 12.4. The summed E-state index contributed by atoms with van der Waals surface area (Å²) in [5.74, 6) is -1.32. The molecule has 5 heteroatoms. The Morgan fingerprint density at radius 2 is 2.05 bits per heavy atom. The topological polar surface area (TPSA) is 83.6 Å². The standard InChI is InChI=1S/C14H20N2O3/c1-4-10(3)16(8-13(17)18)14(19)11-6-5-9(2)12(15)7-11/h5-7,10H,4,8,15H2,1-3H3,(H,17,18). The van der Waals surface area contributed by atoms with E-state index in [-0.39, 0.29) is 18.5 Å². The molecule has 0 saturated carbocycles. The van der Waals surface area contributed by atoms with E-state index >= 15 is 0 Å². The van der Waals surface area contributed by atoms with Crippen LogP contribution >= 0.6 is 0 Å². The van der Waals surface area contributed by atoms with Gasteiger partial charge in [0.1, 0.15) is 6.54 Å². The highest BCUT2D eigenvalue weighted by Crippen LogP contribution is 2.16. The van der Waals surface area contributed by atoms with Crippen molar-refractivity contribution in [2.24, 2.45) is 0 Å². The van der Waals surface area contributed by atoms with Crippen LogP contribution in [0.1, 0.15) is 36.2 Å². The SMILES string of the molecule is CCC(C)N(CC(=O)O)C(=O)c1ccc(C)c(N)c1. The highest BCUT2D eigenvalue weighted by Gasteiger charge is 2.23. The molecule has 3 N–H and O–H groups in total. The van der Waals surface area contributed by atoms with Crippen LogP contribution in [0.25, 0.3) is 0 Å². The summed E-state index contributed by atoms with van der Waals surface area (Å²) in [4.78, 5) is 24.6. The van der Waals surface area contributed by atoms with Crippen LogP contribution in [-0.2, 0) is 4.79 Å². The van der Waals surface area contributed by atoms with E-state index in [0.29, 0.717) is 17.7 Å². The third-order valence-corrected chi connectivity index (χ3v) is 3.22. The van der Waals surface area contributed by atoms with Crippen molar-refractivity contribution in [3.63, 3.8) is 0 Å². The molecule has 0 bridgehead atoms. The summed E-state index contributed by atoms with van der Waals surface area (Å²) in [5, 5.41) is 8.90. The number of carboxylic acid groups (broad SMARTS) is 1. The zero-order chi connectivity index (χ0) is 14.6. The van der Waals surface area contributed by atoms with E-state index in [9.17, 15) is 9.59 Å². The molecule has 0 heterocycles. The van der Waals surface area contributed by atoms with E-state index in [1.165, 1.54) is 4.90 Å². The molecule has 0 aliphatic rings. The molecular weight excluding hydrogens is 244 g/mol. The lowest BCUT2D eigenvalue weighted by molar-refractivity contribution is -0.138. The van der Waals surface area contributed by atoms with Crippen molar-refractivity contribution in [1.82, 2.24) is 4.90 Å². The van der Waals surface area contributed by atoms with E-state index in [0.717, 1.165) is 5.56 Å². The van der Waals surface area contributed by atoms with Gasteiger partial charge in [0, 0.05) is 17.3 Å². The number of nitrogens with zero attached hydrogens (tertiary/aromatic N) is 1. The number of nitrogen functional groups attached to an aromatic ring is 1. The van der Waals surface area contributed by atoms with Crippen molar-refractivity contribution in [1.29, 1.82) is 0 Å². The third-order valence-electron chi connectivity index (χ3n) is 3.22. The van der Waals surface area contributed by atoms with E-state index in [1.807, 2.05) is 20.8 Å². The van der Waals surface area contributed by atoms with Crippen LogP contribution in [0.5, 0.6) is 0 Å². The Morgan fingerprint density at radius 1 is 1.42 bits per heavy atom. The van der Waals surface area contributed by atoms with Gasteiger partial charge < -0.3 is 15.7 Å². The number of carbonyl (C=O) groups is 2. The predicted octanol–water partition coefficient (Wildman–Crippen LogP) is 1.90. The van der Waals surface area contributed by atoms with Gasteiger partial charge in [-0.2, -0.15) is 0 Å². The lowest BCUT2D eigenvalue weighted by atomic mass is 10.1. The van der Waals surface area contributed by atoms with Crippen LogP contribution in [0.4, 0.5) is 5.69 Å². The molecule has 0 fully saturated rings. The molecule has 0 aliphatic carbocycles. The van der Waals surface area contributed by atoms with E-state index in [2.05, 4.69) is 0 Å². The summed E-state index contributed by atoms with van der Waals surface area (Å²) in [6.45, 7) is 5.30. The number of benzene rings is 1. The molecule has 1 atom stereocenters. The van der Waals surface area contributed by atoms with Gasteiger partial charge in [-0.25, -0.2) is 0 Å². The maximum Gasteiger partial charge on any atom is 0.323 e. The minimum Gasteiger partial charge on any atom is -0.480 e. The number of rotatable bonds is 5. The van der Waals surface area contributed by atoms with Gasteiger partial charge in [-0.15, -0.1) is 0 Å². The number of amides is 1. The molecule has 0 spiro atoms. The number of carboxylic acids is 1. The van der Waals surface area contributed by atoms with Gasteiger partial charge in [0.15, 0.2) is 0 Å². The summed E-state index contributed by atoms with van der Waals surface area (Å²) in [6, 6.07) is 4.89. The monoisotopic (exact) mass is 264 g/mol. The van der Waals surface area contributed by atoms with Gasteiger partial charge in [-0.3, -0.25) is 9.59 Å². The molecule has 19 heavy (non-hydrogen) atoms. The summed E-state index contributed by atoms with van der Waals surface area (Å²) >= 11 is 0. The lowest BCUT2D eigenvalue weighted by Crippen LogP contribution is -2.41. The molecule has 5 nitrogen and oxygen atoms in total. The number of hydrogen-bond donors (Lipinski definition) is 2. The number of carbonyl (C=O) groups excluding carboxylic acids is 1. The second kappa shape index (κ2) is 6.22. The van der Waals surface area contributed by atoms with Crippen LogP contribution in [0.3, 0.4) is 0 Å². The number of nitrogens with two attached hydrogens (primary N) is 1. The van der Waals surface area contributed by atoms with Crippen LogP contribution in [0.2, 0.25) is 0 Å². The van der Waals surface area contributed by atoms with Gasteiger partial charge >= 0.3 is 5.97 Å². The quantitative estimate of drug-likeness (QED) is 0.796. The Balaban J connectivity index is 3.04. The van der Waals surface area contributed by atoms with Crippen LogP contribution < -0.4 is 5.73 Å². The summed E-state index contributed by atoms with van der Waals surface area (Å²) in [6.07, 6.45) is 0.695. The zero-order valence-electron chi connectivity index (χ0n) is 11.5. The van der Waals surface area contributed by atoms with E-state index < -0.39 is 5.97 Å². The Morgan fingerprint density at radius 3 is 2.53 bits per heavy atom. The first-order valence-corrected chi connectivity index (χ1v) is 6.25. The van der Waals surface area contributed by atoms with Crippen LogP contribution in [-0.4, -0.2) is 34.5 Å². The first kappa shape index (κ1) is 15.0. The first-order valence-electron chi connectivity index (χ1n) is 6.25. The number of hydrogen-bond acceptors (Lipinski definition) is 3. The van der Waals surface area contributed by atoms with Crippen molar-refractivity contribution in [3.05, 3.63) is 29.3 Å². The fourth-order valence-electron chi connectivity index (χ4n) is 1.73. The van der Waals surface area contributed by atoms with Crippen molar-refractivity contribution >= 4 is 17.6 Å². The Bertz CT molecular complexity index is 486. The molecule has 0 aliphatic heterocycles. The predicted molar refractivity (Wildman–Crippen MR) is 74.0 cm³/mol. The zero-order valence-corrected chi connectivity index (χ0v) is 11.5. The van der Waals surface area contributed by atoms with Gasteiger partial charge in [0.05, 0.1) is 0 Å². The highest BCUT2D eigenvalue weighted by atomic mass is 16.4. The second-order valence-electron chi connectivity index (χ2n) is 4.66. The fourth-order valence-corrected chi connectivity index (χ4v) is 1.73. The Kier molecular flexibility index (Phi) is 4.92. The smallest absolute Gasteiger partial charge is 0.323 e. The molecular formula is C14H20N2O3. The van der Waals surface area contributed by atoms with Crippen LogP contribution in [0, 0.1) is 6.92 Å². The molecule has 104 valence electrons. The molecule has 0 saturated heterocycles. The number of aliphatic carboxylic acids is 1. The molecule has 1 unspecified atom stereocenters. The fraction of sp³-hybridized carbons (Fsp3) is 0.429. The molecule has 1 aromatic carbocycles. The first-order chi connectivity index (χ1) is 8.86. The minimum absolute atomic E-state index is 0.133. The van der Waals surface area contributed by atoms with E-state index in [1.54, 1.807) is 18.2 Å². The molecule has 0 aromatic heterocycles. The van der Waals surface area contributed by atoms with Gasteiger partial charge in [-0.1, -0.05) is 13.0 Å². The van der Waals surface area contributed by atoms with Crippen molar-refractivity contribution in [3.8, 4) is 0 Å². The third kappa shape index (κ3) is 3.71. The molecule has 0 radical (unpaired) electrons. The van der Waals surface area contributed by atoms with Crippen LogP contribution in [0.15, 0.2) is 18.2 Å². The number of aryl methyl sites for hydroxylation is 1. The largest absolute Gasteiger partial charge is 0.480 e. The van der Waals surface area contributed by atoms with Gasteiger partial charge in [0.25, 0.3) is 5.91 Å². The van der Waals surface area contributed by atoms with Crippen molar-refractivity contribution in [2.75, 3.05) is 12.3 Å². The van der Waals surface area contributed by atoms with Gasteiger partial charge in [-0.05, 0) is 38.0 Å². The van der Waals surface area contributed by atoms with E-state index in [4.69, 9.17) is 10.8 Å². The second-order valence-corrected chi connectivity index (χ2v) is 4.66. The molecule has 1 rings (SSSR count). The van der Waals surface area contributed by atoms with Crippen molar-refractivity contribution in [2.45, 2.75) is 33.2 Å².